The van der Waals surface area contributed by atoms with Gasteiger partial charge in [0.15, 0.2) is 0 Å². The molecule has 0 aromatic carbocycles. The zero-order chi connectivity index (χ0) is 9.19. The molecule has 1 aliphatic carbocycles. The Labute approximate surface area is 69.6 Å². The molecular weight excluding hydrogens is 160 g/mol. The van der Waals surface area contributed by atoms with Crippen molar-refractivity contribution >= 4 is 6.09 Å². The quantitative estimate of drug-likeness (QED) is 0.540. The van der Waals surface area contributed by atoms with E-state index in [1.54, 1.807) is 0 Å². The molecule has 0 saturated heterocycles. The molecule has 3 N–H and O–H groups in total. The number of aliphatic hydroxyl groups is 1. The number of hydrogen-bond acceptors (Lipinski definition) is 3. The van der Waals surface area contributed by atoms with Crippen LogP contribution in [0.1, 0.15) is 12.8 Å². The van der Waals surface area contributed by atoms with Crippen LogP contribution in [0.5, 0.6) is 0 Å². The fourth-order valence-corrected chi connectivity index (χ4v) is 1.48. The fraction of sp³-hybridized carbons (Fsp3) is 0.714. The second-order valence-corrected chi connectivity index (χ2v) is 3.08. The Hall–Kier alpha value is -1.28. The van der Waals surface area contributed by atoms with Gasteiger partial charge in [0.05, 0.1) is 6.07 Å². The standard InChI is InChI=1S/C7H10N2O3/c8-4-7(9-6(11)12)1-5(2-7)3-10/h5,9-10H,1-3H2,(H,11,12). The molecule has 5 nitrogen and oxygen atoms in total. The van der Waals surface area contributed by atoms with Gasteiger partial charge in [-0.2, -0.15) is 5.26 Å². The Morgan fingerprint density at radius 2 is 2.33 bits per heavy atom. The van der Waals surface area contributed by atoms with Crippen molar-refractivity contribution in [2.75, 3.05) is 6.61 Å². The molecule has 0 unspecified atom stereocenters. The maximum absolute atomic E-state index is 10.2. The second-order valence-electron chi connectivity index (χ2n) is 3.08. The van der Waals surface area contributed by atoms with Gasteiger partial charge in [-0.1, -0.05) is 0 Å². The van der Waals surface area contributed by atoms with Crippen molar-refractivity contribution in [3.8, 4) is 6.07 Å². The summed E-state index contributed by atoms with van der Waals surface area (Å²) in [6.07, 6.45) is -0.369. The normalized spacial score (nSPS) is 33.2. The number of amides is 1. The highest BCUT2D eigenvalue weighted by Gasteiger charge is 2.45. The smallest absolute Gasteiger partial charge is 0.405 e. The predicted molar refractivity (Wildman–Crippen MR) is 39.3 cm³/mol. The van der Waals surface area contributed by atoms with Gasteiger partial charge >= 0.3 is 6.09 Å². The van der Waals surface area contributed by atoms with Crippen LogP contribution in [-0.4, -0.2) is 28.5 Å². The summed E-state index contributed by atoms with van der Waals surface area (Å²) in [7, 11) is 0. The predicted octanol–water partition coefficient (Wildman–Crippen LogP) is -0.0813. The molecule has 0 atom stereocenters. The third kappa shape index (κ3) is 1.48. The molecule has 5 heteroatoms. The minimum atomic E-state index is -1.19. The molecule has 0 radical (unpaired) electrons. The van der Waals surface area contributed by atoms with Crippen LogP contribution in [0.4, 0.5) is 4.79 Å². The van der Waals surface area contributed by atoms with Crippen LogP contribution >= 0.6 is 0 Å². The van der Waals surface area contributed by atoms with Crippen LogP contribution in [-0.2, 0) is 0 Å². The molecule has 0 spiro atoms. The van der Waals surface area contributed by atoms with Crippen molar-refractivity contribution in [2.45, 2.75) is 18.4 Å². The number of nitrogens with one attached hydrogen (secondary N) is 1. The van der Waals surface area contributed by atoms with Crippen LogP contribution in [0.15, 0.2) is 0 Å². The third-order valence-corrected chi connectivity index (χ3v) is 2.09. The number of nitrogens with zero attached hydrogens (tertiary/aromatic N) is 1. The molecule has 66 valence electrons. The molecule has 0 heterocycles. The summed E-state index contributed by atoms with van der Waals surface area (Å²) >= 11 is 0. The number of carboxylic acid groups (broad SMARTS) is 1. The zero-order valence-electron chi connectivity index (χ0n) is 6.45. The van der Waals surface area contributed by atoms with Crippen LogP contribution < -0.4 is 5.32 Å². The summed E-state index contributed by atoms with van der Waals surface area (Å²) in [5, 5.41) is 27.8. The van der Waals surface area contributed by atoms with Crippen molar-refractivity contribution in [1.82, 2.24) is 5.32 Å². The van der Waals surface area contributed by atoms with Gasteiger partial charge in [-0.25, -0.2) is 4.79 Å². The fourth-order valence-electron chi connectivity index (χ4n) is 1.48. The van der Waals surface area contributed by atoms with E-state index in [1.165, 1.54) is 0 Å². The van der Waals surface area contributed by atoms with E-state index in [4.69, 9.17) is 15.5 Å². The first-order valence-electron chi connectivity index (χ1n) is 3.65. The second kappa shape index (κ2) is 2.99. The number of rotatable bonds is 2. The van der Waals surface area contributed by atoms with E-state index in [0.717, 1.165) is 0 Å². The van der Waals surface area contributed by atoms with E-state index in [2.05, 4.69) is 5.32 Å². The average Bonchev–Trinajstić information content (AvgIpc) is 1.95. The summed E-state index contributed by atoms with van der Waals surface area (Å²) in [5.41, 5.74) is -0.945. The minimum Gasteiger partial charge on any atom is -0.465 e. The van der Waals surface area contributed by atoms with Gasteiger partial charge < -0.3 is 15.5 Å². The first-order chi connectivity index (χ1) is 5.62. The average molecular weight is 170 g/mol. The van der Waals surface area contributed by atoms with E-state index in [-0.39, 0.29) is 12.5 Å². The minimum absolute atomic E-state index is 0.0186. The van der Waals surface area contributed by atoms with Gasteiger partial charge in [-0.05, 0) is 18.8 Å². The van der Waals surface area contributed by atoms with E-state index in [9.17, 15) is 4.79 Å². The van der Waals surface area contributed by atoms with Crippen LogP contribution in [0.2, 0.25) is 0 Å². The van der Waals surface area contributed by atoms with E-state index < -0.39 is 11.6 Å². The number of hydrogen-bond donors (Lipinski definition) is 3. The molecule has 0 aliphatic heterocycles. The molecule has 1 fully saturated rings. The number of nitriles is 1. The molecule has 0 aromatic rings. The topological polar surface area (TPSA) is 93.4 Å². The number of carbonyl (C=O) groups is 1. The summed E-state index contributed by atoms with van der Waals surface area (Å²) in [6.45, 7) is 0.0186. The first-order valence-corrected chi connectivity index (χ1v) is 3.65. The summed E-state index contributed by atoms with van der Waals surface area (Å²) < 4.78 is 0. The van der Waals surface area contributed by atoms with Gasteiger partial charge in [-0.3, -0.25) is 0 Å². The number of aliphatic hydroxyl groups excluding tert-OH is 1. The molecule has 0 bridgehead atoms. The van der Waals surface area contributed by atoms with Crippen molar-refractivity contribution < 1.29 is 15.0 Å². The molecule has 1 rings (SSSR count). The Bertz CT molecular complexity index is 227. The monoisotopic (exact) mass is 170 g/mol. The largest absolute Gasteiger partial charge is 0.465 e. The van der Waals surface area contributed by atoms with Gasteiger partial charge in [0.1, 0.15) is 5.54 Å². The van der Waals surface area contributed by atoms with Crippen molar-refractivity contribution in [3.63, 3.8) is 0 Å². The lowest BCUT2D eigenvalue weighted by Gasteiger charge is -2.41. The van der Waals surface area contributed by atoms with E-state index in [1.807, 2.05) is 6.07 Å². The van der Waals surface area contributed by atoms with Crippen LogP contribution in [0.3, 0.4) is 0 Å². The Kier molecular flexibility index (Phi) is 2.20. The van der Waals surface area contributed by atoms with E-state index >= 15 is 0 Å². The maximum atomic E-state index is 10.2. The molecule has 0 aromatic heterocycles. The van der Waals surface area contributed by atoms with Crippen LogP contribution in [0, 0.1) is 17.2 Å². The van der Waals surface area contributed by atoms with Gasteiger partial charge in [0, 0.05) is 6.61 Å². The van der Waals surface area contributed by atoms with Crippen LogP contribution in [0.25, 0.3) is 0 Å². The lowest BCUT2D eigenvalue weighted by atomic mass is 9.69. The SMILES string of the molecule is N#CC1(NC(=O)O)CC(CO)C1. The van der Waals surface area contributed by atoms with E-state index in [0.29, 0.717) is 12.8 Å². The highest BCUT2D eigenvalue weighted by molar-refractivity contribution is 5.66. The summed E-state index contributed by atoms with van der Waals surface area (Å²) in [5.74, 6) is 0.0662. The third-order valence-electron chi connectivity index (χ3n) is 2.09. The van der Waals surface area contributed by atoms with Gasteiger partial charge in [0.2, 0.25) is 0 Å². The lowest BCUT2D eigenvalue weighted by Crippen LogP contribution is -2.56. The molecule has 1 amide bonds. The van der Waals surface area contributed by atoms with Crippen molar-refractivity contribution in [1.29, 1.82) is 5.26 Å². The highest BCUT2D eigenvalue weighted by Crippen LogP contribution is 2.36. The van der Waals surface area contributed by atoms with Gasteiger partial charge in [0.25, 0.3) is 0 Å². The van der Waals surface area contributed by atoms with Crippen molar-refractivity contribution in [3.05, 3.63) is 0 Å². The van der Waals surface area contributed by atoms with Crippen molar-refractivity contribution in [2.24, 2.45) is 5.92 Å². The molecule has 12 heavy (non-hydrogen) atoms. The molecule has 1 saturated carbocycles. The Morgan fingerprint density at radius 1 is 1.75 bits per heavy atom. The van der Waals surface area contributed by atoms with Gasteiger partial charge in [-0.15, -0.1) is 0 Å². The molecular formula is C7H10N2O3. The summed E-state index contributed by atoms with van der Waals surface area (Å²) in [4.78, 5) is 10.2. The lowest BCUT2D eigenvalue weighted by molar-refractivity contribution is 0.0866. The molecule has 1 aliphatic rings. The Morgan fingerprint density at radius 3 is 2.67 bits per heavy atom. The summed E-state index contributed by atoms with van der Waals surface area (Å²) in [6, 6.07) is 1.91. The Balaban J connectivity index is 2.48. The maximum Gasteiger partial charge on any atom is 0.405 e. The zero-order valence-corrected chi connectivity index (χ0v) is 6.45. The highest BCUT2D eigenvalue weighted by atomic mass is 16.4. The first kappa shape index (κ1) is 8.81.